The van der Waals surface area contributed by atoms with Crippen molar-refractivity contribution in [2.24, 2.45) is 5.92 Å². The van der Waals surface area contributed by atoms with Gasteiger partial charge in [-0.25, -0.2) is 9.97 Å². The number of nitrogens with one attached hydrogen (secondary N) is 1. The Morgan fingerprint density at radius 3 is 2.88 bits per heavy atom. The van der Waals surface area contributed by atoms with E-state index in [1.165, 1.54) is 25.2 Å². The normalized spacial score (nSPS) is 17.0. The van der Waals surface area contributed by atoms with Gasteiger partial charge in [-0.3, -0.25) is 4.79 Å². The van der Waals surface area contributed by atoms with Crippen molar-refractivity contribution in [3.05, 3.63) is 41.3 Å². The fourth-order valence-electron chi connectivity index (χ4n) is 3.19. The Labute approximate surface area is 151 Å². The fourth-order valence-corrected chi connectivity index (χ4v) is 3.19. The zero-order chi connectivity index (χ0) is 18.3. The molecule has 0 bridgehead atoms. The molecule has 0 spiro atoms. The SMILES string of the molecule is Cc1c(Oc2cnc(C(=O)N[C@H](C)C3CC3)cn2)ccc2c1B(O)OC2. The number of hydrogen-bond donors (Lipinski definition) is 2. The van der Waals surface area contributed by atoms with E-state index in [0.717, 1.165) is 16.6 Å². The maximum absolute atomic E-state index is 12.2. The maximum atomic E-state index is 12.2. The quantitative estimate of drug-likeness (QED) is 0.788. The van der Waals surface area contributed by atoms with E-state index >= 15 is 0 Å². The van der Waals surface area contributed by atoms with E-state index in [1.54, 1.807) is 0 Å². The predicted octanol–water partition coefficient (Wildman–Crippen LogP) is 1.32. The van der Waals surface area contributed by atoms with Gasteiger partial charge in [-0.2, -0.15) is 0 Å². The van der Waals surface area contributed by atoms with Crippen LogP contribution in [0.15, 0.2) is 24.5 Å². The minimum absolute atomic E-state index is 0.155. The molecule has 7 nitrogen and oxygen atoms in total. The predicted molar refractivity (Wildman–Crippen MR) is 95.3 cm³/mol. The first-order valence-corrected chi connectivity index (χ1v) is 8.75. The van der Waals surface area contributed by atoms with Gasteiger partial charge in [0.2, 0.25) is 5.88 Å². The van der Waals surface area contributed by atoms with Gasteiger partial charge in [-0.15, -0.1) is 0 Å². The first-order chi connectivity index (χ1) is 12.5. The number of carbonyl (C=O) groups excluding carboxylic acids is 1. The third-order valence-corrected chi connectivity index (χ3v) is 4.96. The summed E-state index contributed by atoms with van der Waals surface area (Å²) in [5, 5.41) is 12.9. The van der Waals surface area contributed by atoms with Crippen molar-refractivity contribution in [1.29, 1.82) is 0 Å². The van der Waals surface area contributed by atoms with Gasteiger partial charge < -0.3 is 19.7 Å². The second-order valence-electron chi connectivity index (χ2n) is 6.87. The maximum Gasteiger partial charge on any atom is 0.492 e. The third-order valence-electron chi connectivity index (χ3n) is 4.96. The molecule has 2 aliphatic rings. The van der Waals surface area contributed by atoms with Crippen LogP contribution in [0.5, 0.6) is 11.6 Å². The van der Waals surface area contributed by atoms with E-state index in [-0.39, 0.29) is 23.5 Å². The number of benzene rings is 1. The van der Waals surface area contributed by atoms with Crippen molar-refractivity contribution in [1.82, 2.24) is 15.3 Å². The van der Waals surface area contributed by atoms with Gasteiger partial charge >= 0.3 is 7.12 Å². The van der Waals surface area contributed by atoms with Crippen LogP contribution in [0, 0.1) is 12.8 Å². The summed E-state index contributed by atoms with van der Waals surface area (Å²) in [5.41, 5.74) is 2.75. The fraction of sp³-hybridized carbons (Fsp3) is 0.389. The Hall–Kier alpha value is -2.45. The first-order valence-electron chi connectivity index (χ1n) is 8.75. The van der Waals surface area contributed by atoms with Gasteiger partial charge in [-0.05, 0) is 55.3 Å². The lowest BCUT2D eigenvalue weighted by atomic mass is 9.76. The Kier molecular flexibility index (Phi) is 4.38. The number of hydrogen-bond acceptors (Lipinski definition) is 6. The van der Waals surface area contributed by atoms with Gasteiger partial charge in [0, 0.05) is 6.04 Å². The molecule has 4 rings (SSSR count). The largest absolute Gasteiger partial charge is 0.492 e. The molecule has 1 atom stereocenters. The molecule has 1 amide bonds. The van der Waals surface area contributed by atoms with Gasteiger partial charge in [0.15, 0.2) is 0 Å². The van der Waals surface area contributed by atoms with Crippen molar-refractivity contribution in [2.45, 2.75) is 39.3 Å². The summed E-state index contributed by atoms with van der Waals surface area (Å²) >= 11 is 0. The molecule has 1 aromatic carbocycles. The Morgan fingerprint density at radius 2 is 2.19 bits per heavy atom. The highest BCUT2D eigenvalue weighted by molar-refractivity contribution is 6.62. The second kappa shape index (κ2) is 6.70. The van der Waals surface area contributed by atoms with E-state index < -0.39 is 7.12 Å². The van der Waals surface area contributed by atoms with Crippen molar-refractivity contribution < 1.29 is 19.2 Å². The van der Waals surface area contributed by atoms with Crippen molar-refractivity contribution in [2.75, 3.05) is 0 Å². The molecule has 1 aliphatic heterocycles. The Balaban J connectivity index is 1.46. The van der Waals surface area contributed by atoms with Crippen LogP contribution in [0.4, 0.5) is 0 Å². The number of ether oxygens (including phenoxy) is 1. The van der Waals surface area contributed by atoms with E-state index in [4.69, 9.17) is 9.39 Å². The zero-order valence-corrected chi connectivity index (χ0v) is 14.7. The highest BCUT2D eigenvalue weighted by atomic mass is 16.5. The van der Waals surface area contributed by atoms with Crippen LogP contribution in [-0.4, -0.2) is 34.1 Å². The topological polar surface area (TPSA) is 93.6 Å². The monoisotopic (exact) mass is 353 g/mol. The highest BCUT2D eigenvalue weighted by Gasteiger charge is 2.31. The third kappa shape index (κ3) is 3.30. The molecule has 8 heteroatoms. The molecular weight excluding hydrogens is 333 g/mol. The minimum atomic E-state index is -0.931. The lowest BCUT2D eigenvalue weighted by Crippen LogP contribution is -2.34. The summed E-state index contributed by atoms with van der Waals surface area (Å²) in [6.07, 6.45) is 5.17. The second-order valence-corrected chi connectivity index (χ2v) is 6.87. The molecule has 2 heterocycles. The van der Waals surface area contributed by atoms with Gasteiger partial charge in [0.05, 0.1) is 19.0 Å². The molecule has 2 N–H and O–H groups in total. The molecule has 0 saturated heterocycles. The van der Waals surface area contributed by atoms with Gasteiger partial charge in [0.1, 0.15) is 11.4 Å². The van der Waals surface area contributed by atoms with Crippen LogP contribution in [0.25, 0.3) is 0 Å². The molecule has 134 valence electrons. The number of rotatable bonds is 5. The molecule has 1 aliphatic carbocycles. The Morgan fingerprint density at radius 1 is 1.38 bits per heavy atom. The number of carbonyl (C=O) groups is 1. The van der Waals surface area contributed by atoms with Crippen LogP contribution in [0.1, 0.15) is 41.4 Å². The molecule has 26 heavy (non-hydrogen) atoms. The summed E-state index contributed by atoms with van der Waals surface area (Å²) in [4.78, 5) is 20.5. The standard InChI is InChI=1S/C18H20BN3O4/c1-10-15(6-5-13-9-25-19(24)17(10)13)26-16-8-20-14(7-21-16)18(23)22-11(2)12-3-4-12/h5-8,11-12,24H,3-4,9H2,1-2H3,(H,22,23)/t11-/m1/s1. The average molecular weight is 353 g/mol. The van der Waals surface area contributed by atoms with Gasteiger partial charge in [0.25, 0.3) is 5.91 Å². The van der Waals surface area contributed by atoms with Crippen LogP contribution in [-0.2, 0) is 11.3 Å². The Bertz CT molecular complexity index is 839. The molecule has 1 saturated carbocycles. The molecule has 0 radical (unpaired) electrons. The molecule has 2 aromatic rings. The van der Waals surface area contributed by atoms with E-state index in [0.29, 0.717) is 18.3 Å². The van der Waals surface area contributed by atoms with E-state index in [1.807, 2.05) is 26.0 Å². The van der Waals surface area contributed by atoms with Crippen LogP contribution < -0.4 is 15.5 Å². The molecule has 1 fully saturated rings. The van der Waals surface area contributed by atoms with Crippen LogP contribution >= 0.6 is 0 Å². The lowest BCUT2D eigenvalue weighted by Gasteiger charge is -2.13. The first kappa shape index (κ1) is 17.0. The number of fused-ring (bicyclic) bond motifs is 1. The lowest BCUT2D eigenvalue weighted by molar-refractivity contribution is 0.0930. The van der Waals surface area contributed by atoms with Crippen molar-refractivity contribution in [3.63, 3.8) is 0 Å². The summed E-state index contributed by atoms with van der Waals surface area (Å²) in [6, 6.07) is 3.83. The average Bonchev–Trinajstić information content (AvgIpc) is 3.41. The van der Waals surface area contributed by atoms with Crippen molar-refractivity contribution in [3.8, 4) is 11.6 Å². The van der Waals surface area contributed by atoms with Crippen LogP contribution in [0.2, 0.25) is 0 Å². The minimum Gasteiger partial charge on any atom is -0.437 e. The number of nitrogens with zero attached hydrogens (tertiary/aromatic N) is 2. The molecule has 0 unspecified atom stereocenters. The van der Waals surface area contributed by atoms with E-state index in [9.17, 15) is 9.82 Å². The summed E-state index contributed by atoms with van der Waals surface area (Å²) in [6.45, 7) is 4.26. The van der Waals surface area contributed by atoms with E-state index in [2.05, 4.69) is 15.3 Å². The summed E-state index contributed by atoms with van der Waals surface area (Å²) in [5.74, 6) is 1.21. The summed E-state index contributed by atoms with van der Waals surface area (Å²) in [7, 11) is -0.931. The molecule has 1 aromatic heterocycles. The van der Waals surface area contributed by atoms with Crippen molar-refractivity contribution >= 4 is 18.5 Å². The van der Waals surface area contributed by atoms with Crippen LogP contribution in [0.3, 0.4) is 0 Å². The zero-order valence-electron chi connectivity index (χ0n) is 14.7. The number of aromatic nitrogens is 2. The summed E-state index contributed by atoms with van der Waals surface area (Å²) < 4.78 is 11.0. The van der Waals surface area contributed by atoms with Gasteiger partial charge in [-0.1, -0.05) is 6.07 Å². The number of amides is 1. The smallest absolute Gasteiger partial charge is 0.437 e. The molecular formula is C18H20BN3O4. The highest BCUT2D eigenvalue weighted by Crippen LogP contribution is 2.32.